The van der Waals surface area contributed by atoms with Crippen molar-refractivity contribution < 1.29 is 9.53 Å². The molecule has 0 aliphatic carbocycles. The molecule has 0 fully saturated rings. The van der Waals surface area contributed by atoms with Gasteiger partial charge in [-0.15, -0.1) is 0 Å². The van der Waals surface area contributed by atoms with E-state index in [0.29, 0.717) is 18.1 Å². The first-order chi connectivity index (χ1) is 15.2. The molecule has 0 radical (unpaired) electrons. The van der Waals surface area contributed by atoms with Gasteiger partial charge in [0.25, 0.3) is 6.47 Å². The van der Waals surface area contributed by atoms with E-state index >= 15 is 0 Å². The number of allylic oxidation sites excluding steroid dienone is 3. The van der Waals surface area contributed by atoms with Crippen LogP contribution in [0.1, 0.15) is 63.1 Å². The third-order valence-corrected chi connectivity index (χ3v) is 6.18. The van der Waals surface area contributed by atoms with E-state index in [4.69, 9.17) is 4.74 Å². The lowest BCUT2D eigenvalue weighted by Gasteiger charge is -2.31. The first-order valence-electron chi connectivity index (χ1n) is 11.6. The highest BCUT2D eigenvalue weighted by atomic mass is 16.5. The molecule has 0 saturated carbocycles. The van der Waals surface area contributed by atoms with E-state index in [0.717, 1.165) is 24.9 Å². The van der Waals surface area contributed by atoms with Gasteiger partial charge in [-0.2, -0.15) is 0 Å². The Kier molecular flexibility index (Phi) is 8.52. The van der Waals surface area contributed by atoms with Crippen molar-refractivity contribution in [3.05, 3.63) is 77.1 Å². The molecule has 0 bridgehead atoms. The number of hydrogen-bond donors (Lipinski definition) is 0. The van der Waals surface area contributed by atoms with Crippen molar-refractivity contribution in [2.75, 3.05) is 11.4 Å². The molecular weight excluding hydrogens is 382 g/mol. The third-order valence-electron chi connectivity index (χ3n) is 6.18. The van der Waals surface area contributed by atoms with Crippen LogP contribution in [0.4, 0.5) is 11.4 Å². The van der Waals surface area contributed by atoms with Crippen LogP contribution in [0, 0.1) is 5.92 Å². The Balaban J connectivity index is 1.91. The molecule has 0 N–H and O–H groups in total. The fraction of sp³-hybridized carbons (Fsp3) is 0.393. The number of carbonyl (C=O) groups is 1. The van der Waals surface area contributed by atoms with Crippen LogP contribution in [-0.4, -0.2) is 13.0 Å². The second kappa shape index (κ2) is 11.5. The van der Waals surface area contributed by atoms with Crippen LogP contribution in [0.3, 0.4) is 0 Å². The standard InChI is InChI=1S/C28H35NO2/c1-4-6-11-23(5-2)20-29-27-14-8-7-13-25(27)16-17-26-19-24(15-18-28(26)29)12-9-10-22(3)31-21-30/h7-10,12-15,18-19,21,23H,4-6,11,16-17,20H2,1-3H3/b12-9+,22-10-. The van der Waals surface area contributed by atoms with Gasteiger partial charge in [-0.25, -0.2) is 0 Å². The molecule has 0 aromatic heterocycles. The maximum Gasteiger partial charge on any atom is 0.298 e. The maximum absolute atomic E-state index is 10.4. The highest BCUT2D eigenvalue weighted by molar-refractivity contribution is 5.73. The molecule has 1 atom stereocenters. The minimum Gasteiger partial charge on any atom is -0.434 e. The number of anilines is 2. The molecule has 2 aromatic carbocycles. The lowest BCUT2D eigenvalue weighted by molar-refractivity contribution is -0.124. The maximum atomic E-state index is 10.4. The number of benzene rings is 2. The summed E-state index contributed by atoms with van der Waals surface area (Å²) < 4.78 is 4.83. The Bertz CT molecular complexity index is 928. The van der Waals surface area contributed by atoms with E-state index < -0.39 is 0 Å². The first-order valence-corrected chi connectivity index (χ1v) is 11.6. The number of aryl methyl sites for hydroxylation is 2. The lowest BCUT2D eigenvalue weighted by atomic mass is 9.97. The normalized spacial score (nSPS) is 14.7. The van der Waals surface area contributed by atoms with Crippen molar-refractivity contribution >= 4 is 23.9 Å². The minimum atomic E-state index is 0.457. The van der Waals surface area contributed by atoms with Crippen LogP contribution in [0.2, 0.25) is 0 Å². The van der Waals surface area contributed by atoms with Gasteiger partial charge in [-0.05, 0) is 73.1 Å². The number of fused-ring (bicyclic) bond motifs is 2. The van der Waals surface area contributed by atoms with Crippen LogP contribution in [0.25, 0.3) is 6.08 Å². The molecule has 0 amide bonds. The average molecular weight is 418 g/mol. The smallest absolute Gasteiger partial charge is 0.298 e. The molecule has 164 valence electrons. The largest absolute Gasteiger partial charge is 0.434 e. The molecule has 1 aliphatic rings. The van der Waals surface area contributed by atoms with Crippen molar-refractivity contribution in [3.63, 3.8) is 0 Å². The molecule has 1 unspecified atom stereocenters. The third kappa shape index (κ3) is 6.10. The summed E-state index contributed by atoms with van der Waals surface area (Å²) in [7, 11) is 0. The number of nitrogens with zero attached hydrogens (tertiary/aromatic N) is 1. The Morgan fingerprint density at radius 2 is 1.87 bits per heavy atom. The molecule has 3 rings (SSSR count). The summed E-state index contributed by atoms with van der Waals surface area (Å²) in [4.78, 5) is 13.0. The van der Waals surface area contributed by atoms with Gasteiger partial charge in [-0.3, -0.25) is 4.79 Å². The summed E-state index contributed by atoms with van der Waals surface area (Å²) in [5.41, 5.74) is 6.70. The van der Waals surface area contributed by atoms with E-state index in [1.807, 2.05) is 12.2 Å². The van der Waals surface area contributed by atoms with E-state index in [1.54, 1.807) is 6.92 Å². The molecule has 31 heavy (non-hydrogen) atoms. The number of carbonyl (C=O) groups excluding carboxylic acids is 1. The molecule has 2 aromatic rings. The van der Waals surface area contributed by atoms with E-state index in [9.17, 15) is 4.79 Å². The van der Waals surface area contributed by atoms with Gasteiger partial charge < -0.3 is 9.64 Å². The van der Waals surface area contributed by atoms with Gasteiger partial charge in [0.1, 0.15) is 5.76 Å². The van der Waals surface area contributed by atoms with Crippen LogP contribution in [0.15, 0.2) is 60.4 Å². The first kappa shape index (κ1) is 22.9. The Morgan fingerprint density at radius 3 is 2.65 bits per heavy atom. The second-order valence-corrected chi connectivity index (χ2v) is 8.39. The monoisotopic (exact) mass is 417 g/mol. The minimum absolute atomic E-state index is 0.457. The van der Waals surface area contributed by atoms with Gasteiger partial charge in [0, 0.05) is 17.9 Å². The van der Waals surface area contributed by atoms with Crippen molar-refractivity contribution in [2.45, 2.75) is 59.3 Å². The Morgan fingerprint density at radius 1 is 1.10 bits per heavy atom. The number of hydrogen-bond acceptors (Lipinski definition) is 3. The molecule has 0 spiro atoms. The average Bonchev–Trinajstić information content (AvgIpc) is 2.93. The summed E-state index contributed by atoms with van der Waals surface area (Å²) in [6.07, 6.45) is 13.0. The predicted molar refractivity (Wildman–Crippen MR) is 131 cm³/mol. The zero-order valence-electron chi connectivity index (χ0n) is 19.1. The van der Waals surface area contributed by atoms with Gasteiger partial charge in [-0.1, -0.05) is 69.5 Å². The van der Waals surface area contributed by atoms with Crippen molar-refractivity contribution in [1.82, 2.24) is 0 Å². The molecule has 1 aliphatic heterocycles. The molecule has 3 heteroatoms. The summed E-state index contributed by atoms with van der Waals surface area (Å²) >= 11 is 0. The van der Waals surface area contributed by atoms with Crippen LogP contribution in [0.5, 0.6) is 0 Å². The van der Waals surface area contributed by atoms with Crippen molar-refractivity contribution in [1.29, 1.82) is 0 Å². The number of para-hydroxylation sites is 1. The number of unbranched alkanes of at least 4 members (excludes halogenated alkanes) is 1. The fourth-order valence-corrected chi connectivity index (χ4v) is 4.34. The molecule has 1 heterocycles. The van der Waals surface area contributed by atoms with Crippen molar-refractivity contribution in [2.24, 2.45) is 5.92 Å². The van der Waals surface area contributed by atoms with E-state index in [1.165, 1.54) is 48.2 Å². The second-order valence-electron chi connectivity index (χ2n) is 8.39. The highest BCUT2D eigenvalue weighted by Gasteiger charge is 2.22. The molecule has 3 nitrogen and oxygen atoms in total. The summed E-state index contributed by atoms with van der Waals surface area (Å²) in [6.45, 7) is 7.90. The van der Waals surface area contributed by atoms with Gasteiger partial charge in [0.15, 0.2) is 0 Å². The number of rotatable bonds is 10. The van der Waals surface area contributed by atoms with Gasteiger partial charge >= 0.3 is 0 Å². The van der Waals surface area contributed by atoms with Crippen LogP contribution in [-0.2, 0) is 22.4 Å². The topological polar surface area (TPSA) is 29.5 Å². The van der Waals surface area contributed by atoms with E-state index in [2.05, 4.69) is 67.3 Å². The van der Waals surface area contributed by atoms with E-state index in [-0.39, 0.29) is 0 Å². The summed E-state index contributed by atoms with van der Waals surface area (Å²) in [5.74, 6) is 1.28. The lowest BCUT2D eigenvalue weighted by Crippen LogP contribution is -2.26. The SMILES string of the molecule is CCCCC(CC)CN1c2ccccc2CCc2cc(/C=C/C=C(/C)OC=O)ccc21. The zero-order valence-corrected chi connectivity index (χ0v) is 19.1. The quantitative estimate of drug-likeness (QED) is 0.232. The molecule has 0 saturated heterocycles. The highest BCUT2D eigenvalue weighted by Crippen LogP contribution is 2.38. The van der Waals surface area contributed by atoms with Crippen LogP contribution < -0.4 is 4.90 Å². The predicted octanol–water partition coefficient (Wildman–Crippen LogP) is 7.23. The van der Waals surface area contributed by atoms with Gasteiger partial charge in [0.05, 0.1) is 0 Å². The Hall–Kier alpha value is -2.81. The zero-order chi connectivity index (χ0) is 22.1. The fourth-order valence-electron chi connectivity index (χ4n) is 4.34. The number of ether oxygens (including phenoxy) is 1. The van der Waals surface area contributed by atoms with Crippen LogP contribution >= 0.6 is 0 Å². The Labute approximate surface area is 187 Å². The summed E-state index contributed by atoms with van der Waals surface area (Å²) in [6, 6.07) is 15.7. The molecular formula is C28H35NO2. The van der Waals surface area contributed by atoms with Crippen molar-refractivity contribution in [3.8, 4) is 0 Å². The van der Waals surface area contributed by atoms with Gasteiger partial charge in [0.2, 0.25) is 0 Å². The summed E-state index contributed by atoms with van der Waals surface area (Å²) in [5, 5.41) is 0.